The summed E-state index contributed by atoms with van der Waals surface area (Å²) in [6, 6.07) is 3.47. The Hall–Kier alpha value is -1.39. The van der Waals surface area contributed by atoms with Gasteiger partial charge in [0, 0.05) is 17.7 Å². The zero-order chi connectivity index (χ0) is 13.7. The molecule has 0 aliphatic rings. The average molecular weight is 288 g/mol. The standard InChI is InChI=1S/C14H21NO3.ClH/c1-9(2)6-11(15)10-7-13(17-4)14(18-5)8-12(10)16-3;/h7-8,11H,1,6,15H2,2-5H3;1H/t11-;/m1./s1. The molecule has 0 unspecified atom stereocenters. The van der Waals surface area contributed by atoms with E-state index < -0.39 is 0 Å². The monoisotopic (exact) mass is 287 g/mol. The van der Waals surface area contributed by atoms with Crippen molar-refractivity contribution in [2.24, 2.45) is 5.73 Å². The van der Waals surface area contributed by atoms with Crippen LogP contribution < -0.4 is 19.9 Å². The van der Waals surface area contributed by atoms with Crippen LogP contribution in [-0.4, -0.2) is 21.3 Å². The molecular formula is C14H22ClNO3. The van der Waals surface area contributed by atoms with E-state index in [1.165, 1.54) is 0 Å². The molecule has 0 fully saturated rings. The maximum absolute atomic E-state index is 6.15. The third-order valence-corrected chi connectivity index (χ3v) is 2.70. The Morgan fingerprint density at radius 3 is 2.00 bits per heavy atom. The zero-order valence-corrected chi connectivity index (χ0v) is 12.7. The number of hydrogen-bond donors (Lipinski definition) is 1. The van der Waals surface area contributed by atoms with Crippen LogP contribution in [0.2, 0.25) is 0 Å². The van der Waals surface area contributed by atoms with Crippen LogP contribution in [0, 0.1) is 0 Å². The van der Waals surface area contributed by atoms with Crippen molar-refractivity contribution in [1.29, 1.82) is 0 Å². The molecule has 0 aliphatic heterocycles. The van der Waals surface area contributed by atoms with E-state index in [-0.39, 0.29) is 18.4 Å². The highest BCUT2D eigenvalue weighted by atomic mass is 35.5. The predicted octanol–water partition coefficient (Wildman–Crippen LogP) is 3.10. The van der Waals surface area contributed by atoms with E-state index in [9.17, 15) is 0 Å². The van der Waals surface area contributed by atoms with Gasteiger partial charge in [0.15, 0.2) is 11.5 Å². The van der Waals surface area contributed by atoms with Gasteiger partial charge in [0.1, 0.15) is 5.75 Å². The Bertz CT molecular complexity index is 435. The van der Waals surface area contributed by atoms with Crippen LogP contribution in [-0.2, 0) is 0 Å². The van der Waals surface area contributed by atoms with Gasteiger partial charge in [-0.05, 0) is 19.4 Å². The number of rotatable bonds is 6. The van der Waals surface area contributed by atoms with Gasteiger partial charge in [-0.25, -0.2) is 0 Å². The molecule has 0 aromatic heterocycles. The lowest BCUT2D eigenvalue weighted by atomic mass is 9.99. The first-order chi connectivity index (χ1) is 8.53. The average Bonchev–Trinajstić information content (AvgIpc) is 2.36. The first-order valence-electron chi connectivity index (χ1n) is 5.73. The molecule has 0 bridgehead atoms. The largest absolute Gasteiger partial charge is 0.496 e. The molecule has 1 atom stereocenters. The van der Waals surface area contributed by atoms with Crippen LogP contribution in [0.4, 0.5) is 0 Å². The normalized spacial score (nSPS) is 11.2. The van der Waals surface area contributed by atoms with Crippen molar-refractivity contribution in [3.05, 3.63) is 29.8 Å². The first-order valence-corrected chi connectivity index (χ1v) is 5.73. The van der Waals surface area contributed by atoms with E-state index in [4.69, 9.17) is 19.9 Å². The third-order valence-electron chi connectivity index (χ3n) is 2.70. The van der Waals surface area contributed by atoms with E-state index in [0.29, 0.717) is 23.7 Å². The minimum atomic E-state index is -0.169. The molecule has 0 saturated carbocycles. The molecule has 1 aromatic rings. The lowest BCUT2D eigenvalue weighted by molar-refractivity contribution is 0.346. The highest BCUT2D eigenvalue weighted by Crippen LogP contribution is 2.38. The van der Waals surface area contributed by atoms with Gasteiger partial charge in [-0.3, -0.25) is 0 Å². The Kier molecular flexibility index (Phi) is 7.34. The molecule has 2 N–H and O–H groups in total. The van der Waals surface area contributed by atoms with Crippen molar-refractivity contribution in [2.45, 2.75) is 19.4 Å². The van der Waals surface area contributed by atoms with E-state index >= 15 is 0 Å². The molecule has 0 heterocycles. The minimum absolute atomic E-state index is 0. The van der Waals surface area contributed by atoms with Crippen molar-refractivity contribution in [2.75, 3.05) is 21.3 Å². The summed E-state index contributed by atoms with van der Waals surface area (Å²) < 4.78 is 15.8. The quantitative estimate of drug-likeness (QED) is 0.817. The number of methoxy groups -OCH3 is 3. The fourth-order valence-electron chi connectivity index (χ4n) is 1.83. The second kappa shape index (κ2) is 7.92. The van der Waals surface area contributed by atoms with Gasteiger partial charge in [-0.2, -0.15) is 0 Å². The highest BCUT2D eigenvalue weighted by molar-refractivity contribution is 5.85. The number of benzene rings is 1. The van der Waals surface area contributed by atoms with Crippen LogP contribution in [0.15, 0.2) is 24.3 Å². The molecule has 19 heavy (non-hydrogen) atoms. The van der Waals surface area contributed by atoms with Gasteiger partial charge in [-0.1, -0.05) is 5.57 Å². The molecule has 108 valence electrons. The molecule has 0 spiro atoms. The summed E-state index contributed by atoms with van der Waals surface area (Å²) in [5, 5.41) is 0. The Balaban J connectivity index is 0.00000324. The maximum atomic E-state index is 6.15. The van der Waals surface area contributed by atoms with Crippen LogP contribution in [0.1, 0.15) is 24.9 Å². The molecule has 0 amide bonds. The Morgan fingerprint density at radius 2 is 1.58 bits per heavy atom. The van der Waals surface area contributed by atoms with E-state index in [2.05, 4.69) is 6.58 Å². The van der Waals surface area contributed by atoms with Crippen molar-refractivity contribution >= 4 is 12.4 Å². The summed E-state index contributed by atoms with van der Waals surface area (Å²) in [6.45, 7) is 5.83. The minimum Gasteiger partial charge on any atom is -0.496 e. The zero-order valence-electron chi connectivity index (χ0n) is 11.9. The summed E-state index contributed by atoms with van der Waals surface area (Å²) in [5.74, 6) is 1.97. The van der Waals surface area contributed by atoms with Crippen molar-refractivity contribution in [3.63, 3.8) is 0 Å². The number of halogens is 1. The van der Waals surface area contributed by atoms with E-state index in [1.807, 2.05) is 13.0 Å². The molecule has 0 radical (unpaired) electrons. The third kappa shape index (κ3) is 4.33. The Morgan fingerprint density at radius 1 is 1.11 bits per heavy atom. The SMILES string of the molecule is C=C(C)C[C@@H](N)c1cc(OC)c(OC)cc1OC.Cl. The Labute approximate surface area is 120 Å². The molecule has 5 heteroatoms. The van der Waals surface area contributed by atoms with Gasteiger partial charge in [0.25, 0.3) is 0 Å². The molecule has 1 rings (SSSR count). The number of ether oxygens (including phenoxy) is 3. The topological polar surface area (TPSA) is 53.7 Å². The van der Waals surface area contributed by atoms with Gasteiger partial charge < -0.3 is 19.9 Å². The van der Waals surface area contributed by atoms with E-state index in [0.717, 1.165) is 11.1 Å². The van der Waals surface area contributed by atoms with Crippen molar-refractivity contribution in [1.82, 2.24) is 0 Å². The van der Waals surface area contributed by atoms with Crippen LogP contribution in [0.25, 0.3) is 0 Å². The summed E-state index contributed by atoms with van der Waals surface area (Å²) in [4.78, 5) is 0. The molecule has 0 saturated heterocycles. The summed E-state index contributed by atoms with van der Waals surface area (Å²) in [6.07, 6.45) is 0.700. The van der Waals surface area contributed by atoms with Crippen molar-refractivity contribution < 1.29 is 14.2 Å². The lowest BCUT2D eigenvalue weighted by Crippen LogP contribution is -2.12. The highest BCUT2D eigenvalue weighted by Gasteiger charge is 2.17. The van der Waals surface area contributed by atoms with Crippen molar-refractivity contribution in [3.8, 4) is 17.2 Å². The van der Waals surface area contributed by atoms with Crippen LogP contribution in [0.5, 0.6) is 17.2 Å². The number of hydrogen-bond acceptors (Lipinski definition) is 4. The first kappa shape index (κ1) is 17.6. The second-order valence-corrected chi connectivity index (χ2v) is 4.22. The van der Waals surface area contributed by atoms with Crippen LogP contribution >= 0.6 is 12.4 Å². The predicted molar refractivity (Wildman–Crippen MR) is 79.7 cm³/mol. The number of nitrogens with two attached hydrogens (primary N) is 1. The fourth-order valence-corrected chi connectivity index (χ4v) is 1.83. The molecule has 1 aromatic carbocycles. The molecule has 0 aliphatic carbocycles. The fraction of sp³-hybridized carbons (Fsp3) is 0.429. The maximum Gasteiger partial charge on any atom is 0.164 e. The van der Waals surface area contributed by atoms with E-state index in [1.54, 1.807) is 27.4 Å². The van der Waals surface area contributed by atoms with Gasteiger partial charge in [0.05, 0.1) is 21.3 Å². The summed E-state index contributed by atoms with van der Waals surface area (Å²) >= 11 is 0. The van der Waals surface area contributed by atoms with Gasteiger partial charge >= 0.3 is 0 Å². The molecule has 4 nitrogen and oxygen atoms in total. The second-order valence-electron chi connectivity index (χ2n) is 4.22. The lowest BCUT2D eigenvalue weighted by Gasteiger charge is -2.18. The molecular weight excluding hydrogens is 266 g/mol. The summed E-state index contributed by atoms with van der Waals surface area (Å²) in [5.41, 5.74) is 8.06. The smallest absolute Gasteiger partial charge is 0.164 e. The van der Waals surface area contributed by atoms with Gasteiger partial charge in [0.2, 0.25) is 0 Å². The van der Waals surface area contributed by atoms with Crippen LogP contribution in [0.3, 0.4) is 0 Å². The van der Waals surface area contributed by atoms with Gasteiger partial charge in [-0.15, -0.1) is 19.0 Å². The summed E-state index contributed by atoms with van der Waals surface area (Å²) in [7, 11) is 4.79.